The summed E-state index contributed by atoms with van der Waals surface area (Å²) in [6, 6.07) is 6.74. The molecule has 0 saturated heterocycles. The fraction of sp³-hybridized carbons (Fsp3) is 0.364. The molecule has 1 rings (SSSR count). The second kappa shape index (κ2) is 6.19. The number of benzene rings is 1. The Morgan fingerprint density at radius 3 is 2.33 bits per heavy atom. The van der Waals surface area contributed by atoms with Gasteiger partial charge >= 0.3 is 0 Å². The van der Waals surface area contributed by atoms with Crippen molar-refractivity contribution >= 4 is 37.5 Å². The summed E-state index contributed by atoms with van der Waals surface area (Å²) in [7, 11) is -3.49. The SMILES string of the molecule is CCNC(=O)CN(c1ccc(Br)cc1)S(C)(=O)=O. The van der Waals surface area contributed by atoms with E-state index in [4.69, 9.17) is 0 Å². The highest BCUT2D eigenvalue weighted by Crippen LogP contribution is 2.20. The maximum absolute atomic E-state index is 11.7. The second-order valence-corrected chi connectivity index (χ2v) is 6.52. The maximum atomic E-state index is 11.7. The zero-order chi connectivity index (χ0) is 13.8. The number of halogens is 1. The van der Waals surface area contributed by atoms with Crippen LogP contribution in [0, 0.1) is 0 Å². The summed E-state index contributed by atoms with van der Waals surface area (Å²) in [5.74, 6) is -0.328. The summed E-state index contributed by atoms with van der Waals surface area (Å²) in [6.07, 6.45) is 1.08. The summed E-state index contributed by atoms with van der Waals surface area (Å²) >= 11 is 3.27. The fourth-order valence-electron chi connectivity index (χ4n) is 1.39. The van der Waals surface area contributed by atoms with E-state index in [0.717, 1.165) is 15.0 Å². The van der Waals surface area contributed by atoms with Gasteiger partial charge in [0.1, 0.15) is 6.54 Å². The predicted octanol–water partition coefficient (Wildman–Crippen LogP) is 1.35. The van der Waals surface area contributed by atoms with Gasteiger partial charge in [0.05, 0.1) is 11.9 Å². The third-order valence-corrected chi connectivity index (χ3v) is 3.85. The number of hydrogen-bond donors (Lipinski definition) is 1. The Kier molecular flexibility index (Phi) is 5.15. The number of amides is 1. The molecule has 1 aromatic rings. The van der Waals surface area contributed by atoms with Crippen LogP contribution in [0.1, 0.15) is 6.92 Å². The molecule has 1 N–H and O–H groups in total. The standard InChI is InChI=1S/C11H15BrN2O3S/c1-3-13-11(15)8-14(18(2,16)17)10-6-4-9(12)5-7-10/h4-7H,3,8H2,1-2H3,(H,13,15). The van der Waals surface area contributed by atoms with Crippen molar-refractivity contribution < 1.29 is 13.2 Å². The van der Waals surface area contributed by atoms with E-state index in [1.807, 2.05) is 0 Å². The van der Waals surface area contributed by atoms with Gasteiger partial charge in [0.2, 0.25) is 15.9 Å². The van der Waals surface area contributed by atoms with Crippen LogP contribution in [0.4, 0.5) is 5.69 Å². The summed E-state index contributed by atoms with van der Waals surface area (Å²) in [6.45, 7) is 2.04. The van der Waals surface area contributed by atoms with Gasteiger partial charge in [-0.15, -0.1) is 0 Å². The van der Waals surface area contributed by atoms with Crippen LogP contribution >= 0.6 is 15.9 Å². The lowest BCUT2D eigenvalue weighted by Crippen LogP contribution is -2.40. The number of likely N-dealkylation sites (N-methyl/N-ethyl adjacent to an activating group) is 1. The molecular weight excluding hydrogens is 320 g/mol. The normalized spacial score (nSPS) is 11.1. The van der Waals surface area contributed by atoms with E-state index in [-0.39, 0.29) is 12.5 Å². The molecule has 100 valence electrons. The van der Waals surface area contributed by atoms with Gasteiger partial charge in [-0.05, 0) is 31.2 Å². The molecule has 0 aliphatic carbocycles. The number of nitrogens with zero attached hydrogens (tertiary/aromatic N) is 1. The van der Waals surface area contributed by atoms with Crippen molar-refractivity contribution in [3.63, 3.8) is 0 Å². The monoisotopic (exact) mass is 334 g/mol. The predicted molar refractivity (Wildman–Crippen MR) is 75.0 cm³/mol. The molecule has 18 heavy (non-hydrogen) atoms. The molecule has 0 heterocycles. The highest BCUT2D eigenvalue weighted by molar-refractivity contribution is 9.10. The maximum Gasteiger partial charge on any atom is 0.240 e. The van der Waals surface area contributed by atoms with Crippen LogP contribution in [-0.2, 0) is 14.8 Å². The van der Waals surface area contributed by atoms with Gasteiger partial charge in [-0.1, -0.05) is 15.9 Å². The number of carbonyl (C=O) groups excluding carboxylic acids is 1. The molecule has 0 aromatic heterocycles. The average Bonchev–Trinajstić information content (AvgIpc) is 2.26. The number of rotatable bonds is 5. The number of nitrogens with one attached hydrogen (secondary N) is 1. The largest absolute Gasteiger partial charge is 0.355 e. The molecule has 0 fully saturated rings. The van der Waals surface area contributed by atoms with Crippen LogP contribution in [0.3, 0.4) is 0 Å². The molecule has 0 aliphatic heterocycles. The Labute approximate surface area is 115 Å². The first-order valence-electron chi connectivity index (χ1n) is 5.34. The lowest BCUT2D eigenvalue weighted by Gasteiger charge is -2.21. The highest BCUT2D eigenvalue weighted by atomic mass is 79.9. The van der Waals surface area contributed by atoms with Crippen molar-refractivity contribution in [3.8, 4) is 0 Å². The molecule has 1 amide bonds. The molecular formula is C11H15BrN2O3S. The van der Waals surface area contributed by atoms with E-state index < -0.39 is 10.0 Å². The number of carbonyl (C=O) groups is 1. The van der Waals surface area contributed by atoms with E-state index in [2.05, 4.69) is 21.2 Å². The average molecular weight is 335 g/mol. The van der Waals surface area contributed by atoms with Gasteiger partial charge in [-0.3, -0.25) is 9.10 Å². The van der Waals surface area contributed by atoms with Crippen molar-refractivity contribution in [1.29, 1.82) is 0 Å². The summed E-state index contributed by atoms with van der Waals surface area (Å²) in [4.78, 5) is 11.5. The summed E-state index contributed by atoms with van der Waals surface area (Å²) in [5.41, 5.74) is 0.465. The van der Waals surface area contributed by atoms with Crippen molar-refractivity contribution in [3.05, 3.63) is 28.7 Å². The minimum Gasteiger partial charge on any atom is -0.355 e. The van der Waals surface area contributed by atoms with E-state index in [1.165, 1.54) is 0 Å². The highest BCUT2D eigenvalue weighted by Gasteiger charge is 2.20. The van der Waals surface area contributed by atoms with Crippen LogP contribution in [0.15, 0.2) is 28.7 Å². The zero-order valence-electron chi connectivity index (χ0n) is 10.2. The van der Waals surface area contributed by atoms with Crippen LogP contribution in [0.25, 0.3) is 0 Å². The number of hydrogen-bond acceptors (Lipinski definition) is 3. The first-order valence-corrected chi connectivity index (χ1v) is 7.98. The molecule has 0 bridgehead atoms. The molecule has 0 atom stereocenters. The Morgan fingerprint density at radius 2 is 1.89 bits per heavy atom. The molecule has 0 radical (unpaired) electrons. The Bertz CT molecular complexity index is 514. The minimum absolute atomic E-state index is 0.214. The third kappa shape index (κ3) is 4.30. The van der Waals surface area contributed by atoms with E-state index in [9.17, 15) is 13.2 Å². The molecule has 5 nitrogen and oxygen atoms in total. The van der Waals surface area contributed by atoms with E-state index in [0.29, 0.717) is 12.2 Å². The van der Waals surface area contributed by atoms with E-state index >= 15 is 0 Å². The van der Waals surface area contributed by atoms with Crippen LogP contribution in [-0.4, -0.2) is 33.7 Å². The van der Waals surface area contributed by atoms with Crippen molar-refractivity contribution in [2.24, 2.45) is 0 Å². The van der Waals surface area contributed by atoms with Crippen LogP contribution < -0.4 is 9.62 Å². The summed E-state index contributed by atoms with van der Waals surface area (Å²) in [5, 5.41) is 2.57. The number of sulfonamides is 1. The molecule has 0 saturated carbocycles. The first-order chi connectivity index (χ1) is 8.34. The number of anilines is 1. The Morgan fingerprint density at radius 1 is 1.33 bits per heavy atom. The van der Waals surface area contributed by atoms with Gasteiger partial charge in [0.15, 0.2) is 0 Å². The molecule has 0 spiro atoms. The Balaban J connectivity index is 3.00. The molecule has 1 aromatic carbocycles. The van der Waals surface area contributed by atoms with Gasteiger partial charge in [0, 0.05) is 11.0 Å². The third-order valence-electron chi connectivity index (χ3n) is 2.18. The van der Waals surface area contributed by atoms with Crippen molar-refractivity contribution in [1.82, 2.24) is 5.32 Å². The van der Waals surface area contributed by atoms with Crippen molar-refractivity contribution in [2.75, 3.05) is 23.7 Å². The topological polar surface area (TPSA) is 66.5 Å². The lowest BCUT2D eigenvalue weighted by atomic mass is 10.3. The van der Waals surface area contributed by atoms with Gasteiger partial charge in [-0.25, -0.2) is 8.42 Å². The van der Waals surface area contributed by atoms with Gasteiger partial charge < -0.3 is 5.32 Å². The minimum atomic E-state index is -3.49. The molecule has 0 unspecified atom stereocenters. The second-order valence-electron chi connectivity index (χ2n) is 3.70. The summed E-state index contributed by atoms with van der Waals surface area (Å²) < 4.78 is 25.3. The first kappa shape index (κ1) is 15.0. The van der Waals surface area contributed by atoms with Crippen LogP contribution in [0.2, 0.25) is 0 Å². The smallest absolute Gasteiger partial charge is 0.240 e. The zero-order valence-corrected chi connectivity index (χ0v) is 12.6. The van der Waals surface area contributed by atoms with Crippen LogP contribution in [0.5, 0.6) is 0 Å². The Hall–Kier alpha value is -1.08. The van der Waals surface area contributed by atoms with E-state index in [1.54, 1.807) is 31.2 Å². The molecule has 0 aliphatic rings. The fourth-order valence-corrected chi connectivity index (χ4v) is 2.51. The molecule has 7 heteroatoms. The lowest BCUT2D eigenvalue weighted by molar-refractivity contribution is -0.119. The van der Waals surface area contributed by atoms with Gasteiger partial charge in [0.25, 0.3) is 0 Å². The van der Waals surface area contributed by atoms with Crippen molar-refractivity contribution in [2.45, 2.75) is 6.92 Å². The quantitative estimate of drug-likeness (QED) is 0.883. The van der Waals surface area contributed by atoms with Gasteiger partial charge in [-0.2, -0.15) is 0 Å².